The fraction of sp³-hybridized carbons (Fsp3) is 0.286. The molecule has 1 aromatic carbocycles. The summed E-state index contributed by atoms with van der Waals surface area (Å²) in [7, 11) is 0. The Hall–Kier alpha value is -1.59. The third-order valence-corrected chi connectivity index (χ3v) is 3.47. The Bertz CT molecular complexity index is 522. The van der Waals surface area contributed by atoms with Gasteiger partial charge in [-0.2, -0.15) is 4.98 Å². The first-order valence-corrected chi connectivity index (χ1v) is 7.09. The minimum absolute atomic E-state index is 0.578. The third kappa shape index (κ3) is 4.54. The summed E-state index contributed by atoms with van der Waals surface area (Å²) in [4.78, 5) is 5.53. The van der Waals surface area contributed by atoms with Gasteiger partial charge in [-0.25, -0.2) is 0 Å². The van der Waals surface area contributed by atoms with Crippen LogP contribution in [-0.4, -0.2) is 16.7 Å². The predicted octanol–water partition coefficient (Wildman–Crippen LogP) is 2.95. The molecular weight excluding hydrogens is 258 g/mol. The molecule has 0 aliphatic heterocycles. The average molecular weight is 275 g/mol. The number of aromatic nitrogens is 2. The van der Waals surface area contributed by atoms with Gasteiger partial charge in [0.15, 0.2) is 5.82 Å². The van der Waals surface area contributed by atoms with Gasteiger partial charge in [0.05, 0.1) is 12.3 Å². The van der Waals surface area contributed by atoms with Crippen molar-refractivity contribution in [1.82, 2.24) is 15.5 Å². The van der Waals surface area contributed by atoms with Gasteiger partial charge in [-0.1, -0.05) is 28.9 Å². The second kappa shape index (κ2) is 7.11. The number of nitrogens with one attached hydrogen (secondary N) is 1. The monoisotopic (exact) mass is 275 g/mol. The topological polar surface area (TPSA) is 51.0 Å². The van der Waals surface area contributed by atoms with Gasteiger partial charge >= 0.3 is 0 Å². The zero-order chi connectivity index (χ0) is 13.5. The van der Waals surface area contributed by atoms with Gasteiger partial charge < -0.3 is 9.84 Å². The lowest BCUT2D eigenvalue weighted by Crippen LogP contribution is -2.12. The Morgan fingerprint density at radius 3 is 2.89 bits per heavy atom. The van der Waals surface area contributed by atoms with Crippen LogP contribution in [0.2, 0.25) is 0 Å². The van der Waals surface area contributed by atoms with Crippen LogP contribution in [0.15, 0.2) is 46.3 Å². The molecule has 4 nitrogen and oxygen atoms in total. The molecule has 5 heteroatoms. The van der Waals surface area contributed by atoms with E-state index in [1.165, 1.54) is 10.5 Å². The lowest BCUT2D eigenvalue weighted by Gasteiger charge is -1.98. The molecule has 1 N–H and O–H groups in total. The SMILES string of the molecule is C=CCNCc1nc(CSc2ccc(C)cc2)no1. The number of aryl methyl sites for hydroxylation is 1. The van der Waals surface area contributed by atoms with Gasteiger partial charge in [-0.3, -0.25) is 0 Å². The smallest absolute Gasteiger partial charge is 0.240 e. The quantitative estimate of drug-likeness (QED) is 0.478. The van der Waals surface area contributed by atoms with E-state index in [9.17, 15) is 0 Å². The molecular formula is C14H17N3OS. The van der Waals surface area contributed by atoms with E-state index in [0.717, 1.165) is 12.4 Å². The van der Waals surface area contributed by atoms with E-state index in [2.05, 4.69) is 53.2 Å². The Labute approximate surface area is 117 Å². The van der Waals surface area contributed by atoms with Crippen LogP contribution in [0.1, 0.15) is 17.3 Å². The maximum atomic E-state index is 5.15. The highest BCUT2D eigenvalue weighted by molar-refractivity contribution is 7.98. The van der Waals surface area contributed by atoms with Gasteiger partial charge in [0, 0.05) is 11.4 Å². The highest BCUT2D eigenvalue weighted by Crippen LogP contribution is 2.21. The summed E-state index contributed by atoms with van der Waals surface area (Å²) < 4.78 is 5.15. The van der Waals surface area contributed by atoms with Crippen LogP contribution in [0.25, 0.3) is 0 Å². The summed E-state index contributed by atoms with van der Waals surface area (Å²) in [5.74, 6) is 2.05. The van der Waals surface area contributed by atoms with Gasteiger partial charge in [0.2, 0.25) is 5.89 Å². The zero-order valence-corrected chi connectivity index (χ0v) is 11.7. The molecule has 0 aliphatic carbocycles. The van der Waals surface area contributed by atoms with Crippen LogP contribution < -0.4 is 5.32 Å². The standard InChI is InChI=1S/C14H17N3OS/c1-3-8-15-9-14-16-13(17-18-14)10-19-12-6-4-11(2)5-7-12/h3-7,15H,1,8-10H2,2H3. The molecule has 1 heterocycles. The van der Waals surface area contributed by atoms with E-state index in [1.54, 1.807) is 17.8 Å². The highest BCUT2D eigenvalue weighted by Gasteiger charge is 2.06. The molecule has 2 aromatic rings. The van der Waals surface area contributed by atoms with Crippen LogP contribution in [0.3, 0.4) is 0 Å². The first-order chi connectivity index (χ1) is 9.28. The van der Waals surface area contributed by atoms with E-state index < -0.39 is 0 Å². The van der Waals surface area contributed by atoms with E-state index in [0.29, 0.717) is 18.2 Å². The van der Waals surface area contributed by atoms with Crippen molar-refractivity contribution in [2.24, 2.45) is 0 Å². The van der Waals surface area contributed by atoms with Crippen LogP contribution in [0.5, 0.6) is 0 Å². The summed E-state index contributed by atoms with van der Waals surface area (Å²) in [6, 6.07) is 8.41. The summed E-state index contributed by atoms with van der Waals surface area (Å²) in [5, 5.41) is 7.08. The molecule has 19 heavy (non-hydrogen) atoms. The van der Waals surface area contributed by atoms with Crippen molar-refractivity contribution < 1.29 is 4.52 Å². The summed E-state index contributed by atoms with van der Waals surface area (Å²) in [6.45, 7) is 7.02. The number of rotatable bonds is 7. The number of benzene rings is 1. The van der Waals surface area contributed by atoms with Gasteiger partial charge in [0.25, 0.3) is 0 Å². The Morgan fingerprint density at radius 1 is 1.37 bits per heavy atom. The van der Waals surface area contributed by atoms with Crippen molar-refractivity contribution in [3.8, 4) is 0 Å². The third-order valence-electron chi connectivity index (χ3n) is 2.46. The molecule has 0 fully saturated rings. The van der Waals surface area contributed by atoms with Crippen molar-refractivity contribution in [3.63, 3.8) is 0 Å². The fourth-order valence-corrected chi connectivity index (χ4v) is 2.23. The average Bonchev–Trinajstić information content (AvgIpc) is 2.86. The second-order valence-corrected chi connectivity index (χ2v) is 5.17. The van der Waals surface area contributed by atoms with Crippen molar-refractivity contribution >= 4 is 11.8 Å². The molecule has 100 valence electrons. The molecule has 0 aliphatic rings. The first-order valence-electron chi connectivity index (χ1n) is 6.10. The van der Waals surface area contributed by atoms with Crippen molar-refractivity contribution in [2.45, 2.75) is 24.1 Å². The van der Waals surface area contributed by atoms with Crippen molar-refractivity contribution in [2.75, 3.05) is 6.54 Å². The van der Waals surface area contributed by atoms with Crippen LogP contribution in [0.4, 0.5) is 0 Å². The normalized spacial score (nSPS) is 10.6. The number of hydrogen-bond acceptors (Lipinski definition) is 5. The predicted molar refractivity (Wildman–Crippen MR) is 76.9 cm³/mol. The summed E-state index contributed by atoms with van der Waals surface area (Å²) in [6.07, 6.45) is 1.80. The fourth-order valence-electron chi connectivity index (χ4n) is 1.48. The van der Waals surface area contributed by atoms with E-state index in [1.807, 2.05) is 0 Å². The molecule has 0 unspecified atom stereocenters. The minimum Gasteiger partial charge on any atom is -0.338 e. The van der Waals surface area contributed by atoms with E-state index in [4.69, 9.17) is 4.52 Å². The van der Waals surface area contributed by atoms with Crippen LogP contribution in [0, 0.1) is 6.92 Å². The first kappa shape index (κ1) is 13.8. The van der Waals surface area contributed by atoms with E-state index >= 15 is 0 Å². The lowest BCUT2D eigenvalue weighted by atomic mass is 10.2. The Kier molecular flexibility index (Phi) is 5.18. The number of hydrogen-bond donors (Lipinski definition) is 1. The maximum absolute atomic E-state index is 5.15. The molecule has 0 saturated carbocycles. The molecule has 1 aromatic heterocycles. The molecule has 0 atom stereocenters. The zero-order valence-electron chi connectivity index (χ0n) is 10.9. The second-order valence-electron chi connectivity index (χ2n) is 4.13. The van der Waals surface area contributed by atoms with Crippen molar-refractivity contribution in [1.29, 1.82) is 0 Å². The molecule has 0 saturated heterocycles. The Morgan fingerprint density at radius 2 is 2.16 bits per heavy atom. The van der Waals surface area contributed by atoms with Gasteiger partial charge in [-0.15, -0.1) is 18.3 Å². The largest absolute Gasteiger partial charge is 0.338 e. The summed E-state index contributed by atoms with van der Waals surface area (Å²) >= 11 is 1.70. The van der Waals surface area contributed by atoms with Crippen LogP contribution in [-0.2, 0) is 12.3 Å². The Balaban J connectivity index is 1.82. The number of thioether (sulfide) groups is 1. The summed E-state index contributed by atoms with van der Waals surface area (Å²) in [5.41, 5.74) is 1.26. The number of nitrogens with zero attached hydrogens (tertiary/aromatic N) is 2. The molecule has 0 spiro atoms. The van der Waals surface area contributed by atoms with Gasteiger partial charge in [-0.05, 0) is 19.1 Å². The van der Waals surface area contributed by atoms with Crippen LogP contribution >= 0.6 is 11.8 Å². The highest BCUT2D eigenvalue weighted by atomic mass is 32.2. The molecule has 0 radical (unpaired) electrons. The minimum atomic E-state index is 0.578. The van der Waals surface area contributed by atoms with Gasteiger partial charge in [0.1, 0.15) is 0 Å². The van der Waals surface area contributed by atoms with E-state index in [-0.39, 0.29) is 0 Å². The lowest BCUT2D eigenvalue weighted by molar-refractivity contribution is 0.366. The van der Waals surface area contributed by atoms with Crippen molar-refractivity contribution in [3.05, 3.63) is 54.2 Å². The molecule has 0 amide bonds. The maximum Gasteiger partial charge on any atom is 0.240 e. The molecule has 0 bridgehead atoms. The molecule has 2 rings (SSSR count).